The van der Waals surface area contributed by atoms with E-state index in [9.17, 15) is 18.8 Å². The van der Waals surface area contributed by atoms with E-state index < -0.39 is 18.4 Å². The van der Waals surface area contributed by atoms with Crippen LogP contribution in [0.4, 0.5) is 10.1 Å². The third-order valence-corrected chi connectivity index (χ3v) is 5.43. The number of aryl methyl sites for hydroxylation is 1. The molecular weight excluding hydrogens is 417 g/mol. The second kappa shape index (κ2) is 8.74. The van der Waals surface area contributed by atoms with E-state index in [0.29, 0.717) is 48.8 Å². The van der Waals surface area contributed by atoms with Gasteiger partial charge in [-0.05, 0) is 38.1 Å². The van der Waals surface area contributed by atoms with Crippen LogP contribution < -0.4 is 4.90 Å². The van der Waals surface area contributed by atoms with Crippen LogP contribution in [-0.2, 0) is 9.53 Å². The fourth-order valence-corrected chi connectivity index (χ4v) is 3.71. The van der Waals surface area contributed by atoms with Crippen molar-refractivity contribution in [1.82, 2.24) is 19.5 Å². The highest BCUT2D eigenvalue weighted by atomic mass is 19.1. The van der Waals surface area contributed by atoms with Gasteiger partial charge in [-0.25, -0.2) is 18.7 Å². The molecule has 1 saturated heterocycles. The summed E-state index contributed by atoms with van der Waals surface area (Å²) in [6.07, 6.45) is 3.22. The number of amides is 1. The molecule has 0 spiro atoms. The molecule has 166 valence electrons. The summed E-state index contributed by atoms with van der Waals surface area (Å²) in [4.78, 5) is 44.0. The first-order chi connectivity index (χ1) is 15.3. The van der Waals surface area contributed by atoms with Gasteiger partial charge in [-0.3, -0.25) is 9.59 Å². The topological polar surface area (TPSA) is 97.1 Å². The van der Waals surface area contributed by atoms with Crippen LogP contribution in [0, 0.1) is 12.7 Å². The van der Waals surface area contributed by atoms with Gasteiger partial charge in [0.1, 0.15) is 11.4 Å². The molecule has 3 aromatic rings. The molecule has 3 heterocycles. The lowest BCUT2D eigenvalue weighted by Gasteiger charge is -2.36. The summed E-state index contributed by atoms with van der Waals surface area (Å²) in [5, 5.41) is 4.21. The Hall–Kier alpha value is -3.82. The Balaban J connectivity index is 1.33. The quantitative estimate of drug-likeness (QED) is 0.442. The summed E-state index contributed by atoms with van der Waals surface area (Å²) in [6.45, 7) is 4.24. The number of carbonyl (C=O) groups is 3. The number of nitrogens with zero attached hydrogens (tertiary/aromatic N) is 5. The van der Waals surface area contributed by atoms with Gasteiger partial charge in [-0.2, -0.15) is 5.10 Å². The summed E-state index contributed by atoms with van der Waals surface area (Å²) >= 11 is 0. The average molecular weight is 439 g/mol. The summed E-state index contributed by atoms with van der Waals surface area (Å²) in [5.74, 6) is -1.65. The predicted octanol–water partition coefficient (Wildman–Crippen LogP) is 1.89. The number of hydrogen-bond acceptors (Lipinski definition) is 7. The number of ketones is 1. The van der Waals surface area contributed by atoms with E-state index in [-0.39, 0.29) is 17.3 Å². The van der Waals surface area contributed by atoms with Crippen LogP contribution in [0.3, 0.4) is 0 Å². The number of halogens is 1. The predicted molar refractivity (Wildman–Crippen MR) is 113 cm³/mol. The Morgan fingerprint density at radius 2 is 1.91 bits per heavy atom. The summed E-state index contributed by atoms with van der Waals surface area (Å²) < 4.78 is 21.1. The molecule has 0 aliphatic carbocycles. The molecule has 0 bridgehead atoms. The maximum atomic E-state index is 14.4. The molecule has 32 heavy (non-hydrogen) atoms. The van der Waals surface area contributed by atoms with Gasteiger partial charge in [0.15, 0.2) is 18.0 Å². The number of piperazine rings is 1. The van der Waals surface area contributed by atoms with Crippen molar-refractivity contribution in [3.8, 4) is 0 Å². The maximum absolute atomic E-state index is 14.4. The highest BCUT2D eigenvalue weighted by Crippen LogP contribution is 2.22. The molecule has 1 fully saturated rings. The van der Waals surface area contributed by atoms with Crippen molar-refractivity contribution in [2.45, 2.75) is 13.8 Å². The van der Waals surface area contributed by atoms with Gasteiger partial charge in [0.25, 0.3) is 5.91 Å². The number of rotatable bonds is 5. The third kappa shape index (κ3) is 4.16. The Bertz CT molecular complexity index is 1200. The lowest BCUT2D eigenvalue weighted by Crippen LogP contribution is -2.50. The largest absolute Gasteiger partial charge is 0.452 e. The minimum absolute atomic E-state index is 0.199. The average Bonchev–Trinajstić information content (AvgIpc) is 3.13. The number of hydrogen-bond donors (Lipinski definition) is 0. The zero-order chi connectivity index (χ0) is 22.8. The number of carbonyl (C=O) groups excluding carboxylic acids is 3. The van der Waals surface area contributed by atoms with Gasteiger partial charge in [0.2, 0.25) is 0 Å². The smallest absolute Gasteiger partial charge is 0.344 e. The van der Waals surface area contributed by atoms with Gasteiger partial charge in [0, 0.05) is 44.1 Å². The molecule has 1 aliphatic rings. The zero-order valence-corrected chi connectivity index (χ0v) is 17.7. The van der Waals surface area contributed by atoms with E-state index in [0.717, 1.165) is 0 Å². The van der Waals surface area contributed by atoms with Gasteiger partial charge >= 0.3 is 5.97 Å². The number of ether oxygens (including phenoxy) is 1. The Morgan fingerprint density at radius 3 is 2.59 bits per heavy atom. The molecule has 0 unspecified atom stereocenters. The van der Waals surface area contributed by atoms with Crippen molar-refractivity contribution in [2.24, 2.45) is 0 Å². The van der Waals surface area contributed by atoms with E-state index in [2.05, 4.69) is 10.1 Å². The Morgan fingerprint density at radius 1 is 1.16 bits per heavy atom. The van der Waals surface area contributed by atoms with Gasteiger partial charge in [-0.1, -0.05) is 0 Å². The molecule has 0 N–H and O–H groups in total. The number of fused-ring (bicyclic) bond motifs is 1. The summed E-state index contributed by atoms with van der Waals surface area (Å²) in [6, 6.07) is 6.10. The van der Waals surface area contributed by atoms with Crippen molar-refractivity contribution in [3.05, 3.63) is 59.3 Å². The van der Waals surface area contributed by atoms with E-state index in [1.165, 1.54) is 17.5 Å². The molecule has 4 rings (SSSR count). The summed E-state index contributed by atoms with van der Waals surface area (Å²) in [7, 11) is 0. The molecule has 0 radical (unpaired) electrons. The molecule has 9 nitrogen and oxygen atoms in total. The normalized spacial score (nSPS) is 14.0. The number of benzene rings is 1. The number of esters is 1. The maximum Gasteiger partial charge on any atom is 0.344 e. The first-order valence-corrected chi connectivity index (χ1v) is 10.2. The Labute approximate surface area is 183 Å². The molecule has 0 atom stereocenters. The molecule has 2 aromatic heterocycles. The number of anilines is 1. The number of Topliss-reactive ketones (excluding diaryl/α,β-unsaturated/α-hetero) is 1. The van der Waals surface area contributed by atoms with Crippen molar-refractivity contribution in [1.29, 1.82) is 0 Å². The standard InChI is InChI=1S/C22H22FN5O4/c1-14-20(21-24-6-3-7-28(21)25-14)22(31)32-13-19(30)27-10-8-26(9-11-27)18-5-4-16(15(2)29)12-17(18)23/h3-7,12H,8-11,13H2,1-2H3. The molecule has 1 aliphatic heterocycles. The lowest BCUT2D eigenvalue weighted by molar-refractivity contribution is -0.134. The minimum Gasteiger partial charge on any atom is -0.452 e. The van der Waals surface area contributed by atoms with Crippen LogP contribution in [0.5, 0.6) is 0 Å². The van der Waals surface area contributed by atoms with Gasteiger partial charge in [-0.15, -0.1) is 0 Å². The SMILES string of the molecule is CC(=O)c1ccc(N2CCN(C(=O)COC(=O)c3c(C)nn4cccnc34)CC2)c(F)c1. The highest BCUT2D eigenvalue weighted by Gasteiger charge is 2.25. The Kier molecular flexibility index (Phi) is 5.85. The minimum atomic E-state index is -0.657. The van der Waals surface area contributed by atoms with Crippen molar-refractivity contribution >= 4 is 29.0 Å². The first kappa shape index (κ1) is 21.4. The molecule has 10 heteroatoms. The molecule has 1 amide bonds. The molecule has 0 saturated carbocycles. The van der Waals surface area contributed by atoms with Crippen LogP contribution in [-0.4, -0.2) is 69.9 Å². The van der Waals surface area contributed by atoms with Crippen molar-refractivity contribution < 1.29 is 23.5 Å². The zero-order valence-electron chi connectivity index (χ0n) is 17.7. The lowest BCUT2D eigenvalue weighted by atomic mass is 10.1. The monoisotopic (exact) mass is 439 g/mol. The number of aromatic nitrogens is 3. The fraction of sp³-hybridized carbons (Fsp3) is 0.318. The van der Waals surface area contributed by atoms with Crippen LogP contribution in [0.2, 0.25) is 0 Å². The van der Waals surface area contributed by atoms with Crippen LogP contribution in [0.15, 0.2) is 36.7 Å². The molecular formula is C22H22FN5O4. The van der Waals surface area contributed by atoms with Crippen molar-refractivity contribution in [2.75, 3.05) is 37.7 Å². The van der Waals surface area contributed by atoms with Crippen LogP contribution in [0.1, 0.15) is 33.3 Å². The van der Waals surface area contributed by atoms with E-state index in [1.54, 1.807) is 42.4 Å². The third-order valence-electron chi connectivity index (χ3n) is 5.43. The van der Waals surface area contributed by atoms with E-state index >= 15 is 0 Å². The first-order valence-electron chi connectivity index (χ1n) is 10.2. The molecule has 1 aromatic carbocycles. The summed E-state index contributed by atoms with van der Waals surface area (Å²) in [5.41, 5.74) is 1.78. The second-order valence-corrected chi connectivity index (χ2v) is 7.51. The van der Waals surface area contributed by atoms with Crippen LogP contribution in [0.25, 0.3) is 5.65 Å². The second-order valence-electron chi connectivity index (χ2n) is 7.51. The van der Waals surface area contributed by atoms with E-state index in [4.69, 9.17) is 4.74 Å². The van der Waals surface area contributed by atoms with Gasteiger partial charge in [0.05, 0.1) is 11.4 Å². The highest BCUT2D eigenvalue weighted by molar-refractivity contribution is 5.98. The van der Waals surface area contributed by atoms with Crippen LogP contribution >= 0.6 is 0 Å². The van der Waals surface area contributed by atoms with Gasteiger partial charge < -0.3 is 14.5 Å². The fourth-order valence-electron chi connectivity index (χ4n) is 3.71. The van der Waals surface area contributed by atoms with E-state index in [1.807, 2.05) is 4.90 Å². The van der Waals surface area contributed by atoms with Crippen molar-refractivity contribution in [3.63, 3.8) is 0 Å².